The number of carboxylic acid groups (broad SMARTS) is 1. The van der Waals surface area contributed by atoms with E-state index in [1.54, 1.807) is 24.5 Å². The monoisotopic (exact) mass is 284 g/mol. The molecule has 0 aliphatic heterocycles. The zero-order valence-electron chi connectivity index (χ0n) is 10.4. The van der Waals surface area contributed by atoms with E-state index < -0.39 is 16.0 Å². The zero-order valence-corrected chi connectivity index (χ0v) is 11.2. The fraction of sp³-hybridized carbons (Fsp3) is 0.500. The number of aromatic nitrogens is 1. The quantitative estimate of drug-likeness (QED) is 0.802. The van der Waals surface area contributed by atoms with Gasteiger partial charge in [-0.2, -0.15) is 4.31 Å². The second-order valence-electron chi connectivity index (χ2n) is 4.58. The molecule has 104 valence electrons. The molecule has 0 bridgehead atoms. The summed E-state index contributed by atoms with van der Waals surface area (Å²) in [5.41, 5.74) is 0.761. The van der Waals surface area contributed by atoms with Gasteiger partial charge in [0.25, 0.3) is 0 Å². The van der Waals surface area contributed by atoms with Gasteiger partial charge >= 0.3 is 5.97 Å². The Morgan fingerprint density at radius 1 is 1.47 bits per heavy atom. The minimum atomic E-state index is -3.38. The van der Waals surface area contributed by atoms with Crippen molar-refractivity contribution in [1.82, 2.24) is 9.29 Å². The summed E-state index contributed by atoms with van der Waals surface area (Å²) in [7, 11) is -3.38. The van der Waals surface area contributed by atoms with Crippen molar-refractivity contribution in [1.29, 1.82) is 0 Å². The fourth-order valence-electron chi connectivity index (χ4n) is 1.79. The normalized spacial score (nSPS) is 15.6. The molecule has 0 radical (unpaired) electrons. The van der Waals surface area contributed by atoms with Gasteiger partial charge in [0, 0.05) is 25.5 Å². The molecule has 0 saturated heterocycles. The third kappa shape index (κ3) is 3.74. The van der Waals surface area contributed by atoms with Crippen LogP contribution in [0.3, 0.4) is 0 Å². The van der Waals surface area contributed by atoms with Crippen molar-refractivity contribution in [3.63, 3.8) is 0 Å². The lowest BCUT2D eigenvalue weighted by Gasteiger charge is -2.21. The summed E-state index contributed by atoms with van der Waals surface area (Å²) in [6.07, 6.45) is 4.35. The Bertz CT molecular complexity index is 540. The lowest BCUT2D eigenvalue weighted by atomic mass is 10.3. The van der Waals surface area contributed by atoms with Gasteiger partial charge < -0.3 is 5.11 Å². The Kier molecular flexibility index (Phi) is 4.16. The van der Waals surface area contributed by atoms with E-state index in [-0.39, 0.29) is 24.8 Å². The predicted molar refractivity (Wildman–Crippen MR) is 68.8 cm³/mol. The standard InChI is InChI=1S/C12H16N2O4S/c15-12(16)5-7-14(19(17,18)11-3-4-11)9-10-2-1-6-13-8-10/h1-2,6,8,11H,3-5,7,9H2,(H,15,16). The number of hydrogen-bond donors (Lipinski definition) is 1. The van der Waals surface area contributed by atoms with E-state index >= 15 is 0 Å². The molecule has 1 N–H and O–H groups in total. The van der Waals surface area contributed by atoms with Crippen LogP contribution >= 0.6 is 0 Å². The van der Waals surface area contributed by atoms with E-state index in [1.165, 1.54) is 4.31 Å². The van der Waals surface area contributed by atoms with Gasteiger partial charge in [0.2, 0.25) is 10.0 Å². The highest BCUT2D eigenvalue weighted by Crippen LogP contribution is 2.31. The Morgan fingerprint density at radius 2 is 2.21 bits per heavy atom. The predicted octanol–water partition coefficient (Wildman–Crippen LogP) is 0.851. The first-order valence-electron chi connectivity index (χ1n) is 6.10. The average molecular weight is 284 g/mol. The summed E-state index contributed by atoms with van der Waals surface area (Å²) in [5.74, 6) is -0.998. The lowest BCUT2D eigenvalue weighted by molar-refractivity contribution is -0.137. The third-order valence-corrected chi connectivity index (χ3v) is 5.31. The van der Waals surface area contributed by atoms with Gasteiger partial charge in [0.1, 0.15) is 0 Å². The Labute approximate surface area is 112 Å². The van der Waals surface area contributed by atoms with Gasteiger partial charge in [-0.1, -0.05) is 6.07 Å². The Hall–Kier alpha value is -1.47. The van der Waals surface area contributed by atoms with E-state index in [9.17, 15) is 13.2 Å². The first-order valence-corrected chi connectivity index (χ1v) is 7.60. The van der Waals surface area contributed by atoms with E-state index in [0.717, 1.165) is 5.56 Å². The molecule has 0 unspecified atom stereocenters. The number of rotatable bonds is 7. The van der Waals surface area contributed by atoms with Crippen molar-refractivity contribution >= 4 is 16.0 Å². The molecule has 6 nitrogen and oxygen atoms in total. The highest BCUT2D eigenvalue weighted by molar-refractivity contribution is 7.90. The van der Waals surface area contributed by atoms with Crippen LogP contribution in [0.15, 0.2) is 24.5 Å². The van der Waals surface area contributed by atoms with Crippen LogP contribution in [0.1, 0.15) is 24.8 Å². The van der Waals surface area contributed by atoms with Crippen LogP contribution in [0.5, 0.6) is 0 Å². The van der Waals surface area contributed by atoms with Crippen LogP contribution in [0.25, 0.3) is 0 Å². The molecule has 0 aromatic carbocycles. The van der Waals surface area contributed by atoms with Crippen molar-refractivity contribution < 1.29 is 18.3 Å². The molecule has 1 aromatic rings. The molecular formula is C12H16N2O4S. The highest BCUT2D eigenvalue weighted by atomic mass is 32.2. The minimum absolute atomic E-state index is 0.00304. The van der Waals surface area contributed by atoms with Crippen LogP contribution in [-0.4, -0.2) is 40.6 Å². The maximum atomic E-state index is 12.2. The summed E-state index contributed by atoms with van der Waals surface area (Å²) in [5, 5.41) is 8.38. The van der Waals surface area contributed by atoms with Crippen molar-refractivity contribution in [2.45, 2.75) is 31.1 Å². The molecule has 1 aromatic heterocycles. The Morgan fingerprint density at radius 3 is 2.74 bits per heavy atom. The molecule has 1 aliphatic rings. The summed E-state index contributed by atoms with van der Waals surface area (Å²) in [4.78, 5) is 14.6. The maximum absolute atomic E-state index is 12.2. The number of nitrogens with zero attached hydrogens (tertiary/aromatic N) is 2. The Balaban J connectivity index is 2.12. The summed E-state index contributed by atoms with van der Waals surface area (Å²) >= 11 is 0. The van der Waals surface area contributed by atoms with Crippen molar-refractivity contribution in [3.05, 3.63) is 30.1 Å². The maximum Gasteiger partial charge on any atom is 0.304 e. The SMILES string of the molecule is O=C(O)CCN(Cc1cccnc1)S(=O)(=O)C1CC1. The van der Waals surface area contributed by atoms with E-state index in [2.05, 4.69) is 4.98 Å². The highest BCUT2D eigenvalue weighted by Gasteiger charge is 2.40. The molecule has 1 fully saturated rings. The topological polar surface area (TPSA) is 87.6 Å². The molecule has 1 heterocycles. The molecule has 0 amide bonds. The largest absolute Gasteiger partial charge is 0.481 e. The van der Waals surface area contributed by atoms with Gasteiger partial charge in [-0.05, 0) is 24.5 Å². The minimum Gasteiger partial charge on any atom is -0.481 e. The number of pyridine rings is 1. The third-order valence-electron chi connectivity index (χ3n) is 2.96. The average Bonchev–Trinajstić information content (AvgIpc) is 3.19. The van der Waals surface area contributed by atoms with Gasteiger partial charge in [-0.15, -0.1) is 0 Å². The number of carboxylic acids is 1. The van der Waals surface area contributed by atoms with Crippen molar-refractivity contribution in [3.8, 4) is 0 Å². The fourth-order valence-corrected chi connectivity index (χ4v) is 3.62. The number of aliphatic carboxylic acids is 1. The van der Waals surface area contributed by atoms with Gasteiger partial charge in [0.15, 0.2) is 0 Å². The molecule has 1 saturated carbocycles. The molecule has 7 heteroatoms. The van der Waals surface area contributed by atoms with Crippen LogP contribution in [0, 0.1) is 0 Å². The molecule has 0 atom stereocenters. The number of hydrogen-bond acceptors (Lipinski definition) is 4. The number of sulfonamides is 1. The zero-order chi connectivity index (χ0) is 13.9. The summed E-state index contributed by atoms with van der Waals surface area (Å²) in [6.45, 7) is 0.184. The first kappa shape index (κ1) is 14.0. The van der Waals surface area contributed by atoms with E-state index in [1.807, 2.05) is 0 Å². The van der Waals surface area contributed by atoms with E-state index in [0.29, 0.717) is 12.8 Å². The van der Waals surface area contributed by atoms with Gasteiger partial charge in [-0.3, -0.25) is 9.78 Å². The van der Waals surface area contributed by atoms with Crippen molar-refractivity contribution in [2.75, 3.05) is 6.54 Å². The second-order valence-corrected chi connectivity index (χ2v) is 6.80. The van der Waals surface area contributed by atoms with Crippen LogP contribution in [-0.2, 0) is 21.4 Å². The van der Waals surface area contributed by atoms with Gasteiger partial charge in [0.05, 0.1) is 11.7 Å². The first-order chi connectivity index (χ1) is 9.00. The van der Waals surface area contributed by atoms with Crippen LogP contribution < -0.4 is 0 Å². The summed E-state index contributed by atoms with van der Waals surface area (Å²) in [6, 6.07) is 3.51. The second kappa shape index (κ2) is 5.66. The van der Waals surface area contributed by atoms with Crippen LogP contribution in [0.4, 0.5) is 0 Å². The lowest BCUT2D eigenvalue weighted by Crippen LogP contribution is -2.35. The van der Waals surface area contributed by atoms with Crippen LogP contribution in [0.2, 0.25) is 0 Å². The van der Waals surface area contributed by atoms with Crippen molar-refractivity contribution in [2.24, 2.45) is 0 Å². The summed E-state index contributed by atoms with van der Waals surface area (Å²) < 4.78 is 25.7. The smallest absolute Gasteiger partial charge is 0.304 e. The molecule has 0 spiro atoms. The molecular weight excluding hydrogens is 268 g/mol. The molecule has 19 heavy (non-hydrogen) atoms. The molecule has 1 aliphatic carbocycles. The van der Waals surface area contributed by atoms with Gasteiger partial charge in [-0.25, -0.2) is 8.42 Å². The molecule has 2 rings (SSSR count). The van der Waals surface area contributed by atoms with E-state index in [4.69, 9.17) is 5.11 Å². The number of carbonyl (C=O) groups is 1.